The SMILES string of the molecule is COc1ccc2c(c1)NN(S(C)(=O)=O)C=C2Cc1c(Cl)cncc1Cl. The number of anilines is 1. The van der Waals surface area contributed by atoms with E-state index >= 15 is 0 Å². The Hall–Kier alpha value is -1.96. The molecule has 1 aliphatic rings. The largest absolute Gasteiger partial charge is 0.497 e. The van der Waals surface area contributed by atoms with E-state index in [4.69, 9.17) is 27.9 Å². The zero-order valence-electron chi connectivity index (χ0n) is 13.5. The predicted molar refractivity (Wildman–Crippen MR) is 99.2 cm³/mol. The highest BCUT2D eigenvalue weighted by Gasteiger charge is 2.24. The average Bonchev–Trinajstić information content (AvgIpc) is 2.56. The molecule has 6 nitrogen and oxygen atoms in total. The summed E-state index contributed by atoms with van der Waals surface area (Å²) in [6.07, 6.45) is 6.01. The quantitative estimate of drug-likeness (QED) is 0.850. The van der Waals surface area contributed by atoms with Crippen molar-refractivity contribution in [3.63, 3.8) is 0 Å². The summed E-state index contributed by atoms with van der Waals surface area (Å²) in [5.74, 6) is 0.612. The van der Waals surface area contributed by atoms with Gasteiger partial charge in [0.05, 0.1) is 29.1 Å². The molecule has 9 heteroatoms. The standard InChI is InChI=1S/C16H15Cl2N3O3S/c1-24-11-3-4-12-10(5-13-14(17)7-19-8-15(13)18)9-21(25(2,22)23)20-16(12)6-11/h3-4,6-9,20H,5H2,1-2H3. The van der Waals surface area contributed by atoms with Gasteiger partial charge in [-0.05, 0) is 23.3 Å². The highest BCUT2D eigenvalue weighted by atomic mass is 35.5. The molecule has 1 aliphatic heterocycles. The van der Waals surface area contributed by atoms with Gasteiger partial charge < -0.3 is 4.74 Å². The Kier molecular flexibility index (Phi) is 4.81. The fourth-order valence-corrected chi connectivity index (χ4v) is 3.58. The van der Waals surface area contributed by atoms with Crippen molar-refractivity contribution in [1.82, 2.24) is 9.40 Å². The number of nitrogens with zero attached hydrogens (tertiary/aromatic N) is 2. The third kappa shape index (κ3) is 3.68. The lowest BCUT2D eigenvalue weighted by Crippen LogP contribution is -2.33. The fraction of sp³-hybridized carbons (Fsp3) is 0.188. The van der Waals surface area contributed by atoms with E-state index in [1.54, 1.807) is 19.2 Å². The zero-order valence-corrected chi connectivity index (χ0v) is 15.8. The number of hydrazine groups is 1. The number of allylic oxidation sites excluding steroid dienone is 1. The molecule has 1 N–H and O–H groups in total. The summed E-state index contributed by atoms with van der Waals surface area (Å²) in [7, 11) is -1.96. The lowest BCUT2D eigenvalue weighted by Gasteiger charge is -2.29. The molecule has 3 rings (SSSR count). The van der Waals surface area contributed by atoms with E-state index < -0.39 is 10.0 Å². The van der Waals surface area contributed by atoms with Gasteiger partial charge in [-0.25, -0.2) is 8.42 Å². The van der Waals surface area contributed by atoms with Crippen LogP contribution in [0.3, 0.4) is 0 Å². The first-order valence-corrected chi connectivity index (χ1v) is 9.83. The highest BCUT2D eigenvalue weighted by molar-refractivity contribution is 7.88. The van der Waals surface area contributed by atoms with E-state index in [-0.39, 0.29) is 0 Å². The Morgan fingerprint density at radius 2 is 1.92 bits per heavy atom. The number of hydrogen-bond acceptors (Lipinski definition) is 5. The second-order valence-corrected chi connectivity index (χ2v) is 8.17. The smallest absolute Gasteiger partial charge is 0.249 e. The van der Waals surface area contributed by atoms with Crippen LogP contribution in [0.2, 0.25) is 10.0 Å². The van der Waals surface area contributed by atoms with E-state index in [1.807, 2.05) is 6.07 Å². The van der Waals surface area contributed by atoms with Gasteiger partial charge >= 0.3 is 0 Å². The summed E-state index contributed by atoms with van der Waals surface area (Å²) in [6.45, 7) is 0. The van der Waals surface area contributed by atoms with Gasteiger partial charge in [0.2, 0.25) is 10.0 Å². The third-order valence-corrected chi connectivity index (χ3v) is 5.32. The molecule has 0 saturated carbocycles. The van der Waals surface area contributed by atoms with Gasteiger partial charge in [0.15, 0.2) is 0 Å². The van der Waals surface area contributed by atoms with Crippen molar-refractivity contribution < 1.29 is 13.2 Å². The predicted octanol–water partition coefficient (Wildman–Crippen LogP) is 3.58. The van der Waals surface area contributed by atoms with E-state index in [1.165, 1.54) is 18.6 Å². The summed E-state index contributed by atoms with van der Waals surface area (Å²) in [6, 6.07) is 5.39. The number of rotatable bonds is 4. The molecule has 2 heterocycles. The molecular weight excluding hydrogens is 385 g/mol. The van der Waals surface area contributed by atoms with Crippen LogP contribution in [0.4, 0.5) is 5.69 Å². The maximum Gasteiger partial charge on any atom is 0.249 e. The summed E-state index contributed by atoms with van der Waals surface area (Å²) >= 11 is 12.4. The summed E-state index contributed by atoms with van der Waals surface area (Å²) in [5.41, 5.74) is 5.75. The molecule has 0 bridgehead atoms. The normalized spacial score (nSPS) is 13.8. The van der Waals surface area contributed by atoms with Gasteiger partial charge in [0.1, 0.15) is 5.75 Å². The van der Waals surface area contributed by atoms with Gasteiger partial charge in [-0.2, -0.15) is 4.41 Å². The molecule has 0 amide bonds. The summed E-state index contributed by atoms with van der Waals surface area (Å²) in [5, 5.41) is 0.848. The van der Waals surface area contributed by atoms with Crippen molar-refractivity contribution in [1.29, 1.82) is 0 Å². The van der Waals surface area contributed by atoms with Crippen LogP contribution in [0, 0.1) is 0 Å². The number of fused-ring (bicyclic) bond motifs is 1. The lowest BCUT2D eigenvalue weighted by molar-refractivity contribution is 0.414. The molecule has 0 unspecified atom stereocenters. The maximum absolute atomic E-state index is 12.0. The first kappa shape index (κ1) is 17.8. The highest BCUT2D eigenvalue weighted by Crippen LogP contribution is 2.37. The molecular formula is C16H15Cl2N3O3S. The second kappa shape index (κ2) is 6.74. The minimum atomic E-state index is -3.51. The zero-order chi connectivity index (χ0) is 18.2. The number of sulfonamides is 1. The fourth-order valence-electron chi connectivity index (χ4n) is 2.50. The molecule has 2 aromatic rings. The molecule has 132 valence electrons. The van der Waals surface area contributed by atoms with Gasteiger partial charge in [-0.15, -0.1) is 0 Å². The van der Waals surface area contributed by atoms with Crippen LogP contribution in [0.1, 0.15) is 11.1 Å². The van der Waals surface area contributed by atoms with Crippen LogP contribution in [-0.2, 0) is 16.4 Å². The number of methoxy groups -OCH3 is 1. The molecule has 0 radical (unpaired) electrons. The number of pyridine rings is 1. The van der Waals surface area contributed by atoms with Gasteiger partial charge in [0, 0.05) is 36.6 Å². The van der Waals surface area contributed by atoms with Crippen molar-refractivity contribution >= 4 is 44.5 Å². The van der Waals surface area contributed by atoms with Crippen LogP contribution in [0.15, 0.2) is 36.8 Å². The first-order chi connectivity index (χ1) is 11.8. The molecule has 1 aromatic heterocycles. The average molecular weight is 400 g/mol. The van der Waals surface area contributed by atoms with E-state index in [2.05, 4.69) is 10.4 Å². The van der Waals surface area contributed by atoms with Crippen LogP contribution < -0.4 is 10.2 Å². The Balaban J connectivity index is 2.10. The van der Waals surface area contributed by atoms with E-state index in [9.17, 15) is 8.42 Å². The Morgan fingerprint density at radius 3 is 2.52 bits per heavy atom. The van der Waals surface area contributed by atoms with Crippen LogP contribution in [0.25, 0.3) is 5.57 Å². The van der Waals surface area contributed by atoms with E-state index in [0.29, 0.717) is 33.5 Å². The van der Waals surface area contributed by atoms with Gasteiger partial charge in [-0.3, -0.25) is 10.4 Å². The number of halogens is 2. The summed E-state index contributed by atoms with van der Waals surface area (Å²) in [4.78, 5) is 3.94. The topological polar surface area (TPSA) is 71.5 Å². The number of benzene rings is 1. The molecule has 0 atom stereocenters. The minimum Gasteiger partial charge on any atom is -0.497 e. The Morgan fingerprint density at radius 1 is 1.24 bits per heavy atom. The van der Waals surface area contributed by atoms with E-state index in [0.717, 1.165) is 21.8 Å². The van der Waals surface area contributed by atoms with Crippen molar-refractivity contribution in [2.75, 3.05) is 18.8 Å². The first-order valence-electron chi connectivity index (χ1n) is 7.22. The van der Waals surface area contributed by atoms with Crippen LogP contribution in [-0.4, -0.2) is 31.2 Å². The monoisotopic (exact) mass is 399 g/mol. The number of hydrogen-bond donors (Lipinski definition) is 1. The third-order valence-electron chi connectivity index (χ3n) is 3.75. The van der Waals surface area contributed by atoms with Gasteiger partial charge in [-0.1, -0.05) is 23.2 Å². The lowest BCUT2D eigenvalue weighted by atomic mass is 9.97. The minimum absolute atomic E-state index is 0.354. The molecule has 1 aromatic carbocycles. The van der Waals surface area contributed by atoms with Crippen LogP contribution >= 0.6 is 23.2 Å². The maximum atomic E-state index is 12.0. The molecule has 0 aliphatic carbocycles. The number of aromatic nitrogens is 1. The molecule has 0 spiro atoms. The van der Waals surface area contributed by atoms with Crippen molar-refractivity contribution in [3.8, 4) is 5.75 Å². The van der Waals surface area contributed by atoms with Gasteiger partial charge in [0.25, 0.3) is 0 Å². The van der Waals surface area contributed by atoms with Crippen molar-refractivity contribution in [2.45, 2.75) is 6.42 Å². The Labute approximate surface area is 156 Å². The molecule has 25 heavy (non-hydrogen) atoms. The molecule has 0 saturated heterocycles. The molecule has 0 fully saturated rings. The van der Waals surface area contributed by atoms with Crippen molar-refractivity contribution in [2.24, 2.45) is 0 Å². The number of ether oxygens (including phenoxy) is 1. The van der Waals surface area contributed by atoms with Crippen LogP contribution in [0.5, 0.6) is 5.75 Å². The second-order valence-electron chi connectivity index (χ2n) is 5.49. The Bertz CT molecular complexity index is 941. The van der Waals surface area contributed by atoms with Crippen molar-refractivity contribution in [3.05, 3.63) is 58.0 Å². The number of nitrogens with one attached hydrogen (secondary N) is 1. The summed E-state index contributed by atoms with van der Waals surface area (Å²) < 4.78 is 30.3.